The van der Waals surface area contributed by atoms with E-state index in [-0.39, 0.29) is 8.41 Å². The first-order valence-corrected chi connectivity index (χ1v) is 47.1. The smallest absolute Gasteiger partial charge is 0.179 e. The Balaban J connectivity index is 0.000000147. The molecular weight excluding hydrogens is 1570 g/mol. The summed E-state index contributed by atoms with van der Waals surface area (Å²) in [5, 5.41) is 15.4. The lowest BCUT2D eigenvalue weighted by Gasteiger charge is -2.34. The van der Waals surface area contributed by atoms with Crippen LogP contribution in [0.25, 0.3) is 89.0 Å². The summed E-state index contributed by atoms with van der Waals surface area (Å²) in [6.07, 6.45) is 0. The van der Waals surface area contributed by atoms with E-state index in [4.69, 9.17) is 11.6 Å². The molecule has 0 heterocycles. The summed E-state index contributed by atoms with van der Waals surface area (Å²) in [5.74, 6) is 0. The summed E-state index contributed by atoms with van der Waals surface area (Å²) in [6, 6.07) is 197. The summed E-state index contributed by atoms with van der Waals surface area (Å²) >= 11 is 6.09. The highest BCUT2D eigenvalue weighted by Crippen LogP contribution is 2.44. The fourth-order valence-electron chi connectivity index (χ4n) is 17.5. The van der Waals surface area contributed by atoms with Gasteiger partial charge in [0.15, 0.2) is 16.1 Å². The first-order valence-electron chi connectivity index (χ1n) is 42.7. The highest BCUT2D eigenvalue weighted by Gasteiger charge is 2.43. The highest BCUT2D eigenvalue weighted by atomic mass is 35.5. The Morgan fingerprint density at radius 1 is 0.175 bits per heavy atom. The van der Waals surface area contributed by atoms with Crippen LogP contribution in [0.1, 0.15) is 0 Å². The fraction of sp³-hybridized carbons (Fsp3) is 0. The summed E-state index contributed by atoms with van der Waals surface area (Å²) < 4.78 is 0. The van der Waals surface area contributed by atoms with Gasteiger partial charge in [-0.15, -0.1) is 0 Å². The van der Waals surface area contributed by atoms with Crippen LogP contribution in [0.4, 0.5) is 28.4 Å². The third-order valence-electron chi connectivity index (χ3n) is 23.7. The van der Waals surface area contributed by atoms with Crippen molar-refractivity contribution in [1.82, 2.24) is 0 Å². The van der Waals surface area contributed by atoms with Crippen molar-refractivity contribution in [3.8, 4) is 89.0 Å². The van der Waals surface area contributed by atoms with Crippen molar-refractivity contribution in [3.05, 3.63) is 551 Å². The van der Waals surface area contributed by atoms with E-state index in [1.807, 2.05) is 18.2 Å². The number of nitrogens with one attached hydrogen (secondary N) is 1. The van der Waals surface area contributed by atoms with E-state index in [9.17, 15) is 0 Å². The molecule has 3 radical (unpaired) electrons. The topological polar surface area (TPSA) is 15.3 Å². The Kier molecular flexibility index (Phi) is 26.2. The molecule has 20 aromatic rings. The van der Waals surface area contributed by atoms with Crippen LogP contribution in [0.3, 0.4) is 0 Å². The fourth-order valence-corrected chi connectivity index (χ4v) is 27.1. The summed E-state index contributed by atoms with van der Waals surface area (Å²) in [6.45, 7) is 0. The Hall–Kier alpha value is -15.2. The average Bonchev–Trinajstić information content (AvgIpc) is 0.736. The van der Waals surface area contributed by atoms with Gasteiger partial charge in [0.25, 0.3) is 0 Å². The lowest BCUT2D eigenvalue weighted by atomic mass is 9.96. The van der Waals surface area contributed by atoms with Crippen molar-refractivity contribution in [3.63, 3.8) is 0 Å². The van der Waals surface area contributed by atoms with Crippen LogP contribution < -0.4 is 51.7 Å². The van der Waals surface area contributed by atoms with E-state index in [1.54, 1.807) is 0 Å². The maximum Gasteiger partial charge on any atom is 0.179 e. The molecule has 0 saturated carbocycles. The molecule has 0 amide bonds. The zero-order valence-electron chi connectivity index (χ0n) is 69.9. The van der Waals surface area contributed by atoms with Crippen molar-refractivity contribution >= 4 is 106 Å². The highest BCUT2D eigenvalue weighted by molar-refractivity contribution is 7.20. The van der Waals surface area contributed by atoms with Crippen molar-refractivity contribution in [2.45, 2.75) is 0 Å². The minimum Gasteiger partial charge on any atom is -0.355 e. The predicted molar refractivity (Wildman–Crippen MR) is 545 cm³/mol. The van der Waals surface area contributed by atoms with Gasteiger partial charge in [-0.2, -0.15) is 0 Å². The summed E-state index contributed by atoms with van der Waals surface area (Å²) in [5.41, 5.74) is 24.6. The number of nitrogens with zero attached hydrogens (tertiary/aromatic N) is 1. The zero-order chi connectivity index (χ0) is 84.2. The molecule has 1 N–H and O–H groups in total. The molecule has 0 aliphatic heterocycles. The lowest BCUT2D eigenvalue weighted by Crippen LogP contribution is -2.74. The van der Waals surface area contributed by atoms with Crippen LogP contribution in [0.5, 0.6) is 0 Å². The largest absolute Gasteiger partial charge is 0.355 e. The molecule has 0 fully saturated rings. The molecule has 0 spiro atoms. The van der Waals surface area contributed by atoms with Gasteiger partial charge < -0.3 is 10.2 Å². The lowest BCUT2D eigenvalue weighted by molar-refractivity contribution is 1.28. The number of halogens is 1. The minimum atomic E-state index is -2.61. The van der Waals surface area contributed by atoms with E-state index < -0.39 is 16.1 Å². The second-order valence-corrected chi connectivity index (χ2v) is 39.2. The van der Waals surface area contributed by atoms with Crippen molar-refractivity contribution < 1.29 is 0 Å². The third kappa shape index (κ3) is 18.3. The molecule has 599 valence electrons. The third-order valence-corrected chi connectivity index (χ3v) is 33.5. The van der Waals surface area contributed by atoms with Gasteiger partial charge in [-0.25, -0.2) is 0 Å². The van der Waals surface area contributed by atoms with Gasteiger partial charge >= 0.3 is 0 Å². The van der Waals surface area contributed by atoms with E-state index >= 15 is 0 Å². The number of rotatable bonds is 21. The average molecular weight is 1660 g/mol. The molecule has 6 heteroatoms. The Bertz CT molecular complexity index is 6610. The molecule has 0 unspecified atom stereocenters. The molecular formula is C120H91BClN2Si2. The minimum absolute atomic E-state index is 0. The molecule has 0 atom stereocenters. The Morgan fingerprint density at radius 3 is 0.683 bits per heavy atom. The molecule has 20 rings (SSSR count). The van der Waals surface area contributed by atoms with Crippen LogP contribution in [0.15, 0.2) is 546 Å². The molecule has 0 aliphatic carbocycles. The zero-order valence-corrected chi connectivity index (χ0v) is 72.6. The second kappa shape index (κ2) is 39.8. The van der Waals surface area contributed by atoms with Crippen molar-refractivity contribution in [1.29, 1.82) is 0 Å². The first-order chi connectivity index (χ1) is 61.9. The number of hydrogen-bond donors (Lipinski definition) is 1. The standard InChI is InChI=1S/C60H45NSi.C30H23ClSi.C30H23N.B/c1-7-19-46(20-8-1)48-31-38-53(39-32-48)61(60-44-37-52(47-21-9-2-10-22-47)45-59(60)51-23-11-3-12-24-51)54-40-33-49(34-41-54)50-35-42-58(43-36-50)62(55-25-13-4-14-26-55,56-27-15-5-16-28-56)57-29-17-6-18-30-57;31-26-20-16-24(17-21-26)25-18-22-30(23-19-25)32(27-10-4-1-5-11-27,28-12-6-2-7-13-28)29-14-8-3-9-15-29;1-4-10-23(11-5-1)25-16-19-28(20-17-25)31-30-21-18-27(24-12-6-2-7-13-24)22-29(30)26-14-8-3-9-15-26;/h1-45H;1-23H;1-22,31H;. The van der Waals surface area contributed by atoms with Gasteiger partial charge in [-0.05, 0) is 192 Å². The van der Waals surface area contributed by atoms with Gasteiger partial charge in [-0.3, -0.25) is 0 Å². The van der Waals surface area contributed by atoms with E-state index in [1.165, 1.54) is 131 Å². The Labute approximate surface area is 750 Å². The number of benzene rings is 20. The van der Waals surface area contributed by atoms with Gasteiger partial charge in [0.05, 0.1) is 5.69 Å². The Morgan fingerprint density at radius 2 is 0.381 bits per heavy atom. The monoisotopic (exact) mass is 1660 g/mol. The first kappa shape index (κ1) is 83.1. The summed E-state index contributed by atoms with van der Waals surface area (Å²) in [4.78, 5) is 2.40. The maximum atomic E-state index is 6.09. The molecule has 0 bridgehead atoms. The van der Waals surface area contributed by atoms with E-state index in [0.717, 1.165) is 33.5 Å². The molecule has 20 aromatic carbocycles. The van der Waals surface area contributed by atoms with Gasteiger partial charge in [0.1, 0.15) is 0 Å². The van der Waals surface area contributed by atoms with Crippen LogP contribution in [-0.4, -0.2) is 24.6 Å². The molecule has 0 saturated heterocycles. The van der Waals surface area contributed by atoms with Crippen LogP contribution in [-0.2, 0) is 0 Å². The van der Waals surface area contributed by atoms with Gasteiger partial charge in [0, 0.05) is 47.3 Å². The van der Waals surface area contributed by atoms with Crippen LogP contribution in [0, 0.1) is 0 Å². The van der Waals surface area contributed by atoms with Crippen LogP contribution >= 0.6 is 11.6 Å². The van der Waals surface area contributed by atoms with Gasteiger partial charge in [-0.1, -0.05) is 485 Å². The predicted octanol–water partition coefficient (Wildman–Crippen LogP) is 26.6. The van der Waals surface area contributed by atoms with Crippen LogP contribution in [0.2, 0.25) is 5.02 Å². The molecule has 2 nitrogen and oxygen atoms in total. The van der Waals surface area contributed by atoms with Crippen molar-refractivity contribution in [2.24, 2.45) is 0 Å². The molecule has 0 aliphatic rings. The van der Waals surface area contributed by atoms with Crippen molar-refractivity contribution in [2.75, 3.05) is 10.2 Å². The normalized spacial score (nSPS) is 11.0. The van der Waals surface area contributed by atoms with E-state index in [2.05, 4.69) is 538 Å². The molecule has 126 heavy (non-hydrogen) atoms. The number of hydrogen-bond acceptors (Lipinski definition) is 2. The SMILES string of the molecule is Clc1ccc(-c2ccc([Si](c3ccccc3)(c3ccccc3)c3ccccc3)cc2)cc1.[B].c1ccc(-c2ccc(N(c3ccc(-c4ccc([Si](c5ccccc5)(c5ccccc5)c5ccccc5)cc4)cc3)c3ccc(-c4ccccc4)cc3-c3ccccc3)cc2)cc1.c1ccc(-c2ccc(Nc3ccc(-c4ccccc4)cc3-c3ccccc3)cc2)cc1. The van der Waals surface area contributed by atoms with Gasteiger partial charge in [0.2, 0.25) is 0 Å². The number of anilines is 5. The second-order valence-electron chi connectivity index (χ2n) is 31.2. The van der Waals surface area contributed by atoms with E-state index in [0.29, 0.717) is 0 Å². The summed E-state index contributed by atoms with van der Waals surface area (Å²) in [7, 11) is -5.07. The quantitative estimate of drug-likeness (QED) is 0.0570. The maximum absolute atomic E-state index is 6.09. The molecule has 0 aromatic heterocycles.